The summed E-state index contributed by atoms with van der Waals surface area (Å²) in [5.74, 6) is 0. The van der Waals surface area contributed by atoms with E-state index in [0.29, 0.717) is 5.49 Å². The maximum atomic E-state index is 7.75. The highest BCUT2D eigenvalue weighted by molar-refractivity contribution is 5.77. The van der Waals surface area contributed by atoms with Gasteiger partial charge in [0.2, 0.25) is 0 Å². The molecule has 0 radical (unpaired) electrons. The molecule has 0 aliphatic heterocycles. The minimum absolute atomic E-state index is 0.499. The highest BCUT2D eigenvalue weighted by atomic mass is 15.0. The first-order valence-electron chi connectivity index (χ1n) is 3.74. The molecule has 2 aromatic heterocycles. The molecule has 0 saturated carbocycles. The van der Waals surface area contributed by atoms with Gasteiger partial charge in [-0.25, -0.2) is 4.98 Å². The van der Waals surface area contributed by atoms with Crippen molar-refractivity contribution in [2.24, 2.45) is 7.05 Å². The predicted octanol–water partition coefficient (Wildman–Crippen LogP) is 0.689. The molecule has 0 atom stereocenters. The largest absolute Gasteiger partial charge is 0.346 e. The van der Waals surface area contributed by atoms with Crippen molar-refractivity contribution in [1.82, 2.24) is 14.5 Å². The van der Waals surface area contributed by atoms with E-state index in [9.17, 15) is 0 Å². The molecular weight excluding hydrogens is 152 g/mol. The number of nitrogens with zero attached hydrogens (tertiary/aromatic N) is 2. The van der Waals surface area contributed by atoms with Gasteiger partial charge in [0.05, 0.1) is 11.7 Å². The van der Waals surface area contributed by atoms with Gasteiger partial charge in [-0.05, 0) is 12.5 Å². The van der Waals surface area contributed by atoms with Gasteiger partial charge in [0.15, 0.2) is 0 Å². The molecule has 0 aliphatic rings. The zero-order valence-corrected chi connectivity index (χ0v) is 7.05. The smallest absolute Gasteiger partial charge is 0.143 e. The molecule has 2 rings (SSSR count). The highest BCUT2D eigenvalue weighted by Gasteiger charge is 2.02. The number of aromatic amines is 1. The number of rotatable bonds is 0. The second kappa shape index (κ2) is 2.20. The van der Waals surface area contributed by atoms with E-state index in [1.807, 2.05) is 20.2 Å². The molecule has 4 nitrogen and oxygen atoms in total. The van der Waals surface area contributed by atoms with Crippen molar-refractivity contribution in [2.75, 3.05) is 0 Å². The number of aromatic nitrogens is 3. The maximum absolute atomic E-state index is 7.75. The van der Waals surface area contributed by atoms with Crippen LogP contribution in [0.4, 0.5) is 0 Å². The molecule has 2 heterocycles. The van der Waals surface area contributed by atoms with Gasteiger partial charge < -0.3 is 9.55 Å². The van der Waals surface area contributed by atoms with E-state index < -0.39 is 0 Å². The van der Waals surface area contributed by atoms with Gasteiger partial charge in [0, 0.05) is 13.2 Å². The Morgan fingerprint density at radius 1 is 1.58 bits per heavy atom. The average molecular weight is 162 g/mol. The molecule has 2 aromatic rings. The topological polar surface area (TPSA) is 57.5 Å². The third kappa shape index (κ3) is 0.777. The maximum Gasteiger partial charge on any atom is 0.143 e. The van der Waals surface area contributed by atoms with Crippen LogP contribution in [-0.2, 0) is 7.05 Å². The van der Waals surface area contributed by atoms with E-state index in [0.717, 1.165) is 16.6 Å². The van der Waals surface area contributed by atoms with Crippen LogP contribution in [0.5, 0.6) is 0 Å². The molecule has 12 heavy (non-hydrogen) atoms. The quantitative estimate of drug-likeness (QED) is 0.588. The van der Waals surface area contributed by atoms with Crippen LogP contribution in [0, 0.1) is 12.3 Å². The van der Waals surface area contributed by atoms with Gasteiger partial charge in [0.1, 0.15) is 11.1 Å². The molecule has 0 saturated heterocycles. The summed E-state index contributed by atoms with van der Waals surface area (Å²) in [6, 6.07) is 0. The lowest BCUT2D eigenvalue weighted by atomic mass is 10.3. The van der Waals surface area contributed by atoms with Crippen molar-refractivity contribution in [3.05, 3.63) is 23.6 Å². The zero-order valence-electron chi connectivity index (χ0n) is 7.05. The molecular formula is C8H10N4. The second-order valence-corrected chi connectivity index (χ2v) is 2.90. The standard InChI is InChI=1S/C8H10N4/c1-5-3-10-8-6(5)7(9)12(2)4-11-8/h3-4,9-10H,1-2H3. The van der Waals surface area contributed by atoms with E-state index in [2.05, 4.69) is 9.97 Å². The number of hydrogen-bond donors (Lipinski definition) is 2. The number of H-pyrrole nitrogens is 1. The summed E-state index contributed by atoms with van der Waals surface area (Å²) in [7, 11) is 1.82. The molecule has 0 aromatic carbocycles. The summed E-state index contributed by atoms with van der Waals surface area (Å²) in [4.78, 5) is 7.16. The Morgan fingerprint density at radius 3 is 3.08 bits per heavy atom. The fourth-order valence-electron chi connectivity index (χ4n) is 1.29. The van der Waals surface area contributed by atoms with Crippen LogP contribution in [0.2, 0.25) is 0 Å². The lowest BCUT2D eigenvalue weighted by Crippen LogP contribution is -2.17. The molecule has 0 spiro atoms. The van der Waals surface area contributed by atoms with Crippen molar-refractivity contribution in [3.8, 4) is 0 Å². The van der Waals surface area contributed by atoms with Gasteiger partial charge in [-0.15, -0.1) is 0 Å². The molecule has 2 N–H and O–H groups in total. The van der Waals surface area contributed by atoms with E-state index in [1.54, 1.807) is 10.9 Å². The lowest BCUT2D eigenvalue weighted by molar-refractivity contribution is 0.804. The van der Waals surface area contributed by atoms with Crippen LogP contribution in [0.15, 0.2) is 12.5 Å². The van der Waals surface area contributed by atoms with Crippen LogP contribution in [0.25, 0.3) is 11.0 Å². The minimum Gasteiger partial charge on any atom is -0.346 e. The second-order valence-electron chi connectivity index (χ2n) is 2.90. The Morgan fingerprint density at radius 2 is 2.33 bits per heavy atom. The molecule has 0 bridgehead atoms. The first-order chi connectivity index (χ1) is 5.70. The number of fused-ring (bicyclic) bond motifs is 1. The van der Waals surface area contributed by atoms with Crippen LogP contribution < -0.4 is 5.49 Å². The predicted molar refractivity (Wildman–Crippen MR) is 45.7 cm³/mol. The number of aryl methyl sites for hydroxylation is 2. The normalized spacial score (nSPS) is 10.8. The lowest BCUT2D eigenvalue weighted by Gasteiger charge is -1.97. The molecule has 62 valence electrons. The monoisotopic (exact) mass is 162 g/mol. The van der Waals surface area contributed by atoms with E-state index in [-0.39, 0.29) is 0 Å². The van der Waals surface area contributed by atoms with Crippen molar-refractivity contribution in [2.45, 2.75) is 6.92 Å². The van der Waals surface area contributed by atoms with Crippen LogP contribution >= 0.6 is 0 Å². The summed E-state index contributed by atoms with van der Waals surface area (Å²) < 4.78 is 1.70. The minimum atomic E-state index is 0.499. The molecule has 4 heteroatoms. The van der Waals surface area contributed by atoms with Gasteiger partial charge in [-0.1, -0.05) is 0 Å². The van der Waals surface area contributed by atoms with Crippen LogP contribution in [0.3, 0.4) is 0 Å². The third-order valence-electron chi connectivity index (χ3n) is 2.01. The fraction of sp³-hybridized carbons (Fsp3) is 0.250. The summed E-state index contributed by atoms with van der Waals surface area (Å²) in [6.45, 7) is 1.97. The summed E-state index contributed by atoms with van der Waals surface area (Å²) in [5, 5.41) is 8.65. The van der Waals surface area contributed by atoms with Crippen molar-refractivity contribution in [3.63, 3.8) is 0 Å². The molecule has 0 aliphatic carbocycles. The average Bonchev–Trinajstić information content (AvgIpc) is 2.41. The van der Waals surface area contributed by atoms with Gasteiger partial charge >= 0.3 is 0 Å². The fourth-order valence-corrected chi connectivity index (χ4v) is 1.29. The summed E-state index contributed by atoms with van der Waals surface area (Å²) in [5.41, 5.74) is 2.35. The van der Waals surface area contributed by atoms with Crippen molar-refractivity contribution < 1.29 is 0 Å². The first kappa shape index (κ1) is 7.09. The van der Waals surface area contributed by atoms with Crippen LogP contribution in [0.1, 0.15) is 5.56 Å². The summed E-state index contributed by atoms with van der Waals surface area (Å²) in [6.07, 6.45) is 3.51. The van der Waals surface area contributed by atoms with Crippen molar-refractivity contribution >= 4 is 11.0 Å². The van der Waals surface area contributed by atoms with Gasteiger partial charge in [0.25, 0.3) is 0 Å². The third-order valence-corrected chi connectivity index (χ3v) is 2.01. The SMILES string of the molecule is Cc1c[nH]c2ncn(C)c(=N)c12. The Labute approximate surface area is 69.4 Å². The molecule has 0 unspecified atom stereocenters. The van der Waals surface area contributed by atoms with Crippen LogP contribution in [-0.4, -0.2) is 14.5 Å². The van der Waals surface area contributed by atoms with Gasteiger partial charge in [-0.3, -0.25) is 5.41 Å². The van der Waals surface area contributed by atoms with E-state index >= 15 is 0 Å². The Hall–Kier alpha value is -1.58. The number of nitrogens with one attached hydrogen (secondary N) is 2. The first-order valence-corrected chi connectivity index (χ1v) is 3.74. The highest BCUT2D eigenvalue weighted by Crippen LogP contribution is 2.08. The zero-order chi connectivity index (χ0) is 8.72. The molecule has 0 amide bonds. The Balaban J connectivity index is 3.06. The Kier molecular flexibility index (Phi) is 1.30. The van der Waals surface area contributed by atoms with E-state index in [1.165, 1.54) is 0 Å². The summed E-state index contributed by atoms with van der Waals surface area (Å²) >= 11 is 0. The molecule has 0 fully saturated rings. The number of hydrogen-bond acceptors (Lipinski definition) is 2. The van der Waals surface area contributed by atoms with E-state index in [4.69, 9.17) is 5.41 Å². The van der Waals surface area contributed by atoms with Gasteiger partial charge in [-0.2, -0.15) is 0 Å². The van der Waals surface area contributed by atoms with Crippen molar-refractivity contribution in [1.29, 1.82) is 5.41 Å². The Bertz CT molecular complexity index is 477.